The van der Waals surface area contributed by atoms with Gasteiger partial charge in [-0.25, -0.2) is 8.42 Å². The first-order valence-corrected chi connectivity index (χ1v) is 8.11. The molecule has 0 heterocycles. The van der Waals surface area contributed by atoms with Crippen molar-refractivity contribution < 1.29 is 13.2 Å². The highest BCUT2D eigenvalue weighted by Gasteiger charge is 2.06. The maximum atomic E-state index is 11.7. The van der Waals surface area contributed by atoms with Gasteiger partial charge in [0, 0.05) is 23.4 Å². The van der Waals surface area contributed by atoms with E-state index >= 15 is 0 Å². The number of amides is 1. The molecule has 0 radical (unpaired) electrons. The average molecular weight is 302 g/mol. The first-order chi connectivity index (χ1) is 8.78. The minimum Gasteiger partial charge on any atom is -0.351 e. The summed E-state index contributed by atoms with van der Waals surface area (Å²) >= 11 is 5.77. The van der Waals surface area contributed by atoms with Crippen LogP contribution in [0.3, 0.4) is 0 Å². The van der Waals surface area contributed by atoms with Crippen LogP contribution in [0.2, 0.25) is 5.02 Å². The average Bonchev–Trinajstić information content (AvgIpc) is 2.30. The molecule has 0 aromatic heterocycles. The van der Waals surface area contributed by atoms with E-state index in [4.69, 9.17) is 11.6 Å². The molecule has 0 spiro atoms. The topological polar surface area (TPSA) is 63.2 Å². The van der Waals surface area contributed by atoms with E-state index in [2.05, 4.69) is 5.32 Å². The molecule has 1 aromatic carbocycles. The van der Waals surface area contributed by atoms with Crippen LogP contribution in [0.25, 0.3) is 6.08 Å². The van der Waals surface area contributed by atoms with Crippen molar-refractivity contribution in [3.05, 3.63) is 40.4 Å². The summed E-state index contributed by atoms with van der Waals surface area (Å²) < 4.78 is 21.9. The Labute approximate surface area is 118 Å². The van der Waals surface area contributed by atoms with E-state index in [1.807, 2.05) is 0 Å². The molecule has 104 valence electrons. The van der Waals surface area contributed by atoms with Gasteiger partial charge in [0.2, 0.25) is 5.91 Å². The van der Waals surface area contributed by atoms with E-state index in [1.165, 1.54) is 0 Å². The van der Waals surface area contributed by atoms with Crippen molar-refractivity contribution in [3.8, 4) is 0 Å². The summed E-state index contributed by atoms with van der Waals surface area (Å²) in [5, 5.41) is 3.19. The second kappa shape index (κ2) is 6.73. The van der Waals surface area contributed by atoms with Crippen molar-refractivity contribution in [2.24, 2.45) is 0 Å². The smallest absolute Gasteiger partial charge is 0.246 e. The van der Waals surface area contributed by atoms with Crippen molar-refractivity contribution in [1.82, 2.24) is 5.32 Å². The number of hydrogen-bond acceptors (Lipinski definition) is 3. The summed E-state index contributed by atoms with van der Waals surface area (Å²) in [5.41, 5.74) is 1.37. The minimum absolute atomic E-state index is 0.0625. The largest absolute Gasteiger partial charge is 0.351 e. The highest BCUT2D eigenvalue weighted by atomic mass is 35.5. The van der Waals surface area contributed by atoms with E-state index < -0.39 is 9.84 Å². The van der Waals surface area contributed by atoms with Crippen LogP contribution in [0.4, 0.5) is 0 Å². The Balaban J connectivity index is 2.59. The number of sulfone groups is 1. The molecule has 1 aromatic rings. The molecule has 6 heteroatoms. The Morgan fingerprint density at radius 3 is 2.42 bits per heavy atom. The summed E-state index contributed by atoms with van der Waals surface area (Å²) in [6, 6.07) is 7.08. The van der Waals surface area contributed by atoms with Gasteiger partial charge in [-0.05, 0) is 30.7 Å². The van der Waals surface area contributed by atoms with Gasteiger partial charge in [0.25, 0.3) is 0 Å². The SMILES string of the molecule is C/C(=C\c1ccc(Cl)cc1)C(=O)NCCS(C)(=O)=O. The van der Waals surface area contributed by atoms with Gasteiger partial charge in [-0.15, -0.1) is 0 Å². The van der Waals surface area contributed by atoms with Crippen molar-refractivity contribution in [1.29, 1.82) is 0 Å². The molecule has 1 rings (SSSR count). The number of nitrogens with one attached hydrogen (secondary N) is 1. The third-order valence-corrected chi connectivity index (χ3v) is 3.57. The lowest BCUT2D eigenvalue weighted by Gasteiger charge is -2.04. The zero-order valence-electron chi connectivity index (χ0n) is 10.8. The molecular weight excluding hydrogens is 286 g/mol. The van der Waals surface area contributed by atoms with E-state index in [9.17, 15) is 13.2 Å². The molecule has 0 aliphatic carbocycles. The van der Waals surface area contributed by atoms with Crippen LogP contribution in [0, 0.1) is 0 Å². The van der Waals surface area contributed by atoms with Crippen LogP contribution < -0.4 is 5.32 Å². The minimum atomic E-state index is -3.06. The Morgan fingerprint density at radius 1 is 1.32 bits per heavy atom. The maximum Gasteiger partial charge on any atom is 0.246 e. The third-order valence-electron chi connectivity index (χ3n) is 2.37. The summed E-state index contributed by atoms with van der Waals surface area (Å²) in [5.74, 6) is -0.342. The molecule has 0 fully saturated rings. The van der Waals surface area contributed by atoms with Gasteiger partial charge in [-0.1, -0.05) is 23.7 Å². The summed E-state index contributed by atoms with van der Waals surface area (Å²) in [6.45, 7) is 1.79. The van der Waals surface area contributed by atoms with Crippen molar-refractivity contribution >= 4 is 33.4 Å². The fourth-order valence-electron chi connectivity index (χ4n) is 1.36. The lowest BCUT2D eigenvalue weighted by Crippen LogP contribution is -2.29. The van der Waals surface area contributed by atoms with Crippen LogP contribution in [-0.4, -0.2) is 32.9 Å². The predicted molar refractivity (Wildman–Crippen MR) is 77.8 cm³/mol. The van der Waals surface area contributed by atoms with Gasteiger partial charge in [0.05, 0.1) is 5.75 Å². The Hall–Kier alpha value is -1.33. The highest BCUT2D eigenvalue weighted by Crippen LogP contribution is 2.12. The Kier molecular flexibility index (Phi) is 5.57. The molecule has 1 amide bonds. The standard InChI is InChI=1S/C13H16ClNO3S/c1-10(9-11-3-5-12(14)6-4-11)13(16)15-7-8-19(2,17)18/h3-6,9H,7-8H2,1-2H3,(H,15,16)/b10-9+. The van der Waals surface area contributed by atoms with Gasteiger partial charge >= 0.3 is 0 Å². The van der Waals surface area contributed by atoms with Crippen molar-refractivity contribution in [3.63, 3.8) is 0 Å². The van der Waals surface area contributed by atoms with Crippen LogP contribution >= 0.6 is 11.6 Å². The van der Waals surface area contributed by atoms with E-state index in [0.29, 0.717) is 10.6 Å². The molecule has 0 aliphatic heterocycles. The summed E-state index contributed by atoms with van der Waals surface area (Å²) in [4.78, 5) is 11.7. The quantitative estimate of drug-likeness (QED) is 0.845. The molecule has 0 bridgehead atoms. The fraction of sp³-hybridized carbons (Fsp3) is 0.308. The summed E-state index contributed by atoms with van der Waals surface area (Å²) in [7, 11) is -3.06. The van der Waals surface area contributed by atoms with E-state index in [0.717, 1.165) is 11.8 Å². The lowest BCUT2D eigenvalue weighted by atomic mass is 10.1. The van der Waals surface area contributed by atoms with Crippen LogP contribution in [0.15, 0.2) is 29.8 Å². The molecule has 0 saturated heterocycles. The third kappa shape index (κ3) is 6.40. The number of carbonyl (C=O) groups excluding carboxylic acids is 1. The number of benzene rings is 1. The molecule has 4 nitrogen and oxygen atoms in total. The first kappa shape index (κ1) is 15.7. The second-order valence-electron chi connectivity index (χ2n) is 4.26. The summed E-state index contributed by atoms with van der Waals surface area (Å²) in [6.07, 6.45) is 2.85. The first-order valence-electron chi connectivity index (χ1n) is 5.68. The predicted octanol–water partition coefficient (Wildman–Crippen LogP) is 1.90. The molecule has 0 aliphatic rings. The Morgan fingerprint density at radius 2 is 1.89 bits per heavy atom. The van der Waals surface area contributed by atoms with Gasteiger partial charge in [-0.2, -0.15) is 0 Å². The van der Waals surface area contributed by atoms with Crippen LogP contribution in [-0.2, 0) is 14.6 Å². The molecular formula is C13H16ClNO3S. The molecule has 1 N–H and O–H groups in total. The van der Waals surface area contributed by atoms with Gasteiger partial charge < -0.3 is 5.32 Å². The monoisotopic (exact) mass is 301 g/mol. The molecule has 19 heavy (non-hydrogen) atoms. The number of halogens is 1. The van der Waals surface area contributed by atoms with Crippen LogP contribution in [0.5, 0.6) is 0 Å². The second-order valence-corrected chi connectivity index (χ2v) is 6.96. The van der Waals surface area contributed by atoms with Gasteiger partial charge in [-0.3, -0.25) is 4.79 Å². The molecule has 0 unspecified atom stereocenters. The number of carbonyl (C=O) groups is 1. The van der Waals surface area contributed by atoms with Crippen molar-refractivity contribution in [2.45, 2.75) is 6.92 Å². The van der Waals surface area contributed by atoms with Crippen LogP contribution in [0.1, 0.15) is 12.5 Å². The van der Waals surface area contributed by atoms with Crippen molar-refractivity contribution in [2.75, 3.05) is 18.6 Å². The zero-order valence-corrected chi connectivity index (χ0v) is 12.4. The number of rotatable bonds is 5. The lowest BCUT2D eigenvalue weighted by molar-refractivity contribution is -0.117. The van der Waals surface area contributed by atoms with Gasteiger partial charge in [0.15, 0.2) is 0 Å². The molecule has 0 atom stereocenters. The fourth-order valence-corrected chi connectivity index (χ4v) is 1.96. The normalized spacial score (nSPS) is 12.3. The van der Waals surface area contributed by atoms with Gasteiger partial charge in [0.1, 0.15) is 9.84 Å². The zero-order chi connectivity index (χ0) is 14.5. The van der Waals surface area contributed by atoms with E-state index in [-0.39, 0.29) is 18.2 Å². The number of hydrogen-bond donors (Lipinski definition) is 1. The Bertz CT molecular complexity index is 576. The van der Waals surface area contributed by atoms with E-state index in [1.54, 1.807) is 37.3 Å². The highest BCUT2D eigenvalue weighted by molar-refractivity contribution is 7.90. The maximum absolute atomic E-state index is 11.7. The molecule has 0 saturated carbocycles.